The summed E-state index contributed by atoms with van der Waals surface area (Å²) < 4.78 is 0. The van der Waals surface area contributed by atoms with Crippen LogP contribution in [0.15, 0.2) is 36.4 Å². The van der Waals surface area contributed by atoms with Gasteiger partial charge in [-0.05, 0) is 43.8 Å². The van der Waals surface area contributed by atoms with Crippen molar-refractivity contribution in [2.24, 2.45) is 0 Å². The van der Waals surface area contributed by atoms with Crippen LogP contribution in [0, 0.1) is 6.92 Å². The highest BCUT2D eigenvalue weighted by atomic mass is 16.3. The van der Waals surface area contributed by atoms with Crippen LogP contribution in [0.4, 0.5) is 11.6 Å². The quantitative estimate of drug-likeness (QED) is 0.596. The fourth-order valence-corrected chi connectivity index (χ4v) is 2.90. The number of hydrogen-bond acceptors (Lipinski definition) is 4. The fraction of sp³-hybridized carbons (Fsp3) is 0.316. The molecule has 24 heavy (non-hydrogen) atoms. The third-order valence-electron chi connectivity index (χ3n) is 4.26. The predicted octanol–water partition coefficient (Wildman–Crippen LogP) is 4.16. The molecule has 0 fully saturated rings. The molecular weight excluding hydrogens is 300 g/mol. The summed E-state index contributed by atoms with van der Waals surface area (Å²) in [6, 6.07) is 11.8. The number of nitrogens with zero attached hydrogens (tertiary/aromatic N) is 2. The molecule has 3 aromatic rings. The van der Waals surface area contributed by atoms with Crippen molar-refractivity contribution in [3.8, 4) is 5.75 Å². The van der Waals surface area contributed by atoms with Crippen molar-refractivity contribution < 1.29 is 5.11 Å². The number of rotatable bonds is 6. The van der Waals surface area contributed by atoms with E-state index in [4.69, 9.17) is 0 Å². The number of para-hydroxylation sites is 2. The van der Waals surface area contributed by atoms with E-state index in [0.29, 0.717) is 11.6 Å². The lowest BCUT2D eigenvalue weighted by Gasteiger charge is -2.20. The Kier molecular flexibility index (Phi) is 4.71. The Balaban J connectivity index is 1.91. The average Bonchev–Trinajstić information content (AvgIpc) is 2.98. The Hall–Kier alpha value is -2.53. The van der Waals surface area contributed by atoms with Crippen LogP contribution in [0.5, 0.6) is 5.75 Å². The predicted molar refractivity (Wildman–Crippen MR) is 98.8 cm³/mol. The first kappa shape index (κ1) is 16.3. The van der Waals surface area contributed by atoms with Gasteiger partial charge in [0, 0.05) is 12.1 Å². The second kappa shape index (κ2) is 6.93. The van der Waals surface area contributed by atoms with E-state index >= 15 is 0 Å². The number of aromatic nitrogens is 2. The summed E-state index contributed by atoms with van der Waals surface area (Å²) >= 11 is 0. The fourth-order valence-electron chi connectivity index (χ4n) is 2.90. The molecular formula is C19H24N4O. The molecule has 0 bridgehead atoms. The van der Waals surface area contributed by atoms with Gasteiger partial charge < -0.3 is 15.4 Å². The highest BCUT2D eigenvalue weighted by Gasteiger charge is 2.13. The summed E-state index contributed by atoms with van der Waals surface area (Å²) in [6.07, 6.45) is 0. The number of hydrogen-bond donors (Lipinski definition) is 3. The van der Waals surface area contributed by atoms with Gasteiger partial charge in [0.05, 0.1) is 16.7 Å². The lowest BCUT2D eigenvalue weighted by molar-refractivity contribution is 0.291. The number of aromatic amines is 1. The molecule has 0 saturated heterocycles. The molecule has 1 heterocycles. The highest BCUT2D eigenvalue weighted by molar-refractivity contribution is 5.79. The van der Waals surface area contributed by atoms with Crippen LogP contribution in [0.2, 0.25) is 0 Å². The van der Waals surface area contributed by atoms with E-state index in [1.807, 2.05) is 43.3 Å². The topological polar surface area (TPSA) is 64.2 Å². The van der Waals surface area contributed by atoms with E-state index in [-0.39, 0.29) is 5.75 Å². The maximum absolute atomic E-state index is 10.7. The number of phenolic OH excluding ortho intramolecular Hbond substituents is 1. The zero-order valence-electron chi connectivity index (χ0n) is 14.4. The van der Waals surface area contributed by atoms with Crippen LogP contribution in [0.3, 0.4) is 0 Å². The molecule has 0 aliphatic heterocycles. The smallest absolute Gasteiger partial charge is 0.205 e. The van der Waals surface area contributed by atoms with Gasteiger partial charge in [-0.3, -0.25) is 4.90 Å². The van der Waals surface area contributed by atoms with Crippen molar-refractivity contribution in [2.45, 2.75) is 27.3 Å². The van der Waals surface area contributed by atoms with E-state index in [2.05, 4.69) is 34.0 Å². The van der Waals surface area contributed by atoms with Crippen LogP contribution < -0.4 is 5.32 Å². The van der Waals surface area contributed by atoms with E-state index in [1.54, 1.807) is 0 Å². The number of aryl methyl sites for hydroxylation is 1. The number of anilines is 2. The first-order valence-corrected chi connectivity index (χ1v) is 8.37. The zero-order chi connectivity index (χ0) is 17.1. The molecule has 0 radical (unpaired) electrons. The lowest BCUT2D eigenvalue weighted by atomic mass is 10.1. The van der Waals surface area contributed by atoms with Gasteiger partial charge in [0.15, 0.2) is 0 Å². The summed E-state index contributed by atoms with van der Waals surface area (Å²) in [4.78, 5) is 10.0. The molecule has 0 saturated carbocycles. The molecule has 1 aromatic heterocycles. The largest absolute Gasteiger partial charge is 0.505 e. The lowest BCUT2D eigenvalue weighted by Crippen LogP contribution is -2.22. The Morgan fingerprint density at radius 3 is 2.62 bits per heavy atom. The SMILES string of the molecule is CCN(CC)Cc1cc(C)cc(Nc2nc3ccccc3[nH]2)c1O. The average molecular weight is 324 g/mol. The third-order valence-corrected chi connectivity index (χ3v) is 4.26. The highest BCUT2D eigenvalue weighted by Crippen LogP contribution is 2.32. The molecule has 5 heteroatoms. The number of nitrogens with one attached hydrogen (secondary N) is 2. The minimum absolute atomic E-state index is 0.285. The van der Waals surface area contributed by atoms with Gasteiger partial charge in [0.1, 0.15) is 5.75 Å². The Morgan fingerprint density at radius 2 is 1.92 bits per heavy atom. The molecule has 0 amide bonds. The summed E-state index contributed by atoms with van der Waals surface area (Å²) in [5, 5.41) is 13.9. The van der Waals surface area contributed by atoms with E-state index < -0.39 is 0 Å². The Bertz CT molecular complexity index is 803. The van der Waals surface area contributed by atoms with Crippen LogP contribution in [0.25, 0.3) is 11.0 Å². The van der Waals surface area contributed by atoms with Crippen LogP contribution >= 0.6 is 0 Å². The van der Waals surface area contributed by atoms with Gasteiger partial charge in [-0.15, -0.1) is 0 Å². The van der Waals surface area contributed by atoms with Gasteiger partial charge in [-0.1, -0.05) is 32.0 Å². The van der Waals surface area contributed by atoms with Crippen molar-refractivity contribution in [2.75, 3.05) is 18.4 Å². The maximum atomic E-state index is 10.7. The number of aromatic hydroxyl groups is 1. The van der Waals surface area contributed by atoms with Crippen molar-refractivity contribution in [1.29, 1.82) is 0 Å². The molecule has 126 valence electrons. The number of benzene rings is 2. The van der Waals surface area contributed by atoms with E-state index in [9.17, 15) is 5.11 Å². The number of phenols is 1. The van der Waals surface area contributed by atoms with Crippen LogP contribution in [0.1, 0.15) is 25.0 Å². The summed E-state index contributed by atoms with van der Waals surface area (Å²) in [7, 11) is 0. The first-order chi connectivity index (χ1) is 11.6. The molecule has 0 aliphatic carbocycles. The number of fused-ring (bicyclic) bond motifs is 1. The van der Waals surface area contributed by atoms with E-state index in [0.717, 1.165) is 41.8 Å². The van der Waals surface area contributed by atoms with Crippen molar-refractivity contribution in [3.05, 3.63) is 47.5 Å². The minimum atomic E-state index is 0.285. The molecule has 3 rings (SSSR count). The van der Waals surface area contributed by atoms with E-state index in [1.165, 1.54) is 0 Å². The second-order valence-corrected chi connectivity index (χ2v) is 6.01. The van der Waals surface area contributed by atoms with Gasteiger partial charge >= 0.3 is 0 Å². The van der Waals surface area contributed by atoms with Gasteiger partial charge in [0.2, 0.25) is 5.95 Å². The van der Waals surface area contributed by atoms with Gasteiger partial charge in [-0.2, -0.15) is 0 Å². The molecule has 0 atom stereocenters. The molecule has 2 aromatic carbocycles. The molecule has 5 nitrogen and oxygen atoms in total. The van der Waals surface area contributed by atoms with Crippen LogP contribution in [-0.4, -0.2) is 33.1 Å². The van der Waals surface area contributed by atoms with Gasteiger partial charge in [-0.25, -0.2) is 4.98 Å². The maximum Gasteiger partial charge on any atom is 0.205 e. The Labute approximate surface area is 142 Å². The molecule has 0 aliphatic rings. The van der Waals surface area contributed by atoms with Crippen LogP contribution in [-0.2, 0) is 6.54 Å². The molecule has 0 spiro atoms. The summed E-state index contributed by atoms with van der Waals surface area (Å²) in [6.45, 7) is 8.94. The first-order valence-electron chi connectivity index (χ1n) is 8.37. The van der Waals surface area contributed by atoms with Crippen molar-refractivity contribution >= 4 is 22.7 Å². The number of H-pyrrole nitrogens is 1. The minimum Gasteiger partial charge on any atom is -0.505 e. The van der Waals surface area contributed by atoms with Crippen molar-refractivity contribution in [3.63, 3.8) is 0 Å². The molecule has 0 unspecified atom stereocenters. The zero-order valence-corrected chi connectivity index (χ0v) is 14.4. The Morgan fingerprint density at radius 1 is 1.17 bits per heavy atom. The number of imidazole rings is 1. The van der Waals surface area contributed by atoms with Gasteiger partial charge in [0.25, 0.3) is 0 Å². The molecule has 3 N–H and O–H groups in total. The summed E-state index contributed by atoms with van der Waals surface area (Å²) in [5.74, 6) is 0.916. The normalized spacial score (nSPS) is 11.3. The standard InChI is InChI=1S/C19H24N4O/c1-4-23(5-2)12-14-10-13(3)11-17(18(14)24)22-19-20-15-8-6-7-9-16(15)21-19/h6-11,24H,4-5,12H2,1-3H3,(H2,20,21,22). The monoisotopic (exact) mass is 324 g/mol. The van der Waals surface area contributed by atoms with Crippen molar-refractivity contribution in [1.82, 2.24) is 14.9 Å². The third kappa shape index (κ3) is 3.36. The second-order valence-electron chi connectivity index (χ2n) is 6.01. The summed E-state index contributed by atoms with van der Waals surface area (Å²) in [5.41, 5.74) is 4.58.